The normalized spacial score (nSPS) is 10.5. The summed E-state index contributed by atoms with van der Waals surface area (Å²) >= 11 is 0. The van der Waals surface area contributed by atoms with E-state index >= 15 is 0 Å². The van der Waals surface area contributed by atoms with E-state index in [1.807, 2.05) is 60.7 Å². The molecule has 0 radical (unpaired) electrons. The largest absolute Gasteiger partial charge is 0.497 e. The maximum Gasteiger partial charge on any atom is 0.270 e. The van der Waals surface area contributed by atoms with Crippen molar-refractivity contribution in [3.63, 3.8) is 0 Å². The molecular weight excluding hydrogens is 326 g/mol. The number of aromatic nitrogens is 2. The first-order chi connectivity index (χ1) is 12.7. The molecule has 1 amide bonds. The summed E-state index contributed by atoms with van der Waals surface area (Å²) in [5.41, 5.74) is 3.00. The Morgan fingerprint density at radius 1 is 1.12 bits per heavy atom. The van der Waals surface area contributed by atoms with Crippen LogP contribution in [0.25, 0.3) is 16.9 Å². The molecular formula is C21H23N3O2. The number of carbonyl (C=O) groups is 1. The fraction of sp³-hybridized carbons (Fsp3) is 0.238. The molecule has 26 heavy (non-hydrogen) atoms. The molecule has 5 heteroatoms. The van der Waals surface area contributed by atoms with E-state index in [1.54, 1.807) is 11.8 Å². The van der Waals surface area contributed by atoms with Crippen LogP contribution >= 0.6 is 0 Å². The SMILES string of the molecule is CCCCNC(=O)c1cc(-c2cccc(OC)c2)nn1-c1ccccc1. The predicted molar refractivity (Wildman–Crippen MR) is 103 cm³/mol. The molecule has 1 N–H and O–H groups in total. The Labute approximate surface area is 153 Å². The number of rotatable bonds is 7. The number of hydrogen-bond acceptors (Lipinski definition) is 3. The molecule has 3 aromatic rings. The first kappa shape index (κ1) is 17.7. The second kappa shape index (κ2) is 8.34. The third-order valence-electron chi connectivity index (χ3n) is 4.12. The van der Waals surface area contributed by atoms with Crippen molar-refractivity contribution >= 4 is 5.91 Å². The van der Waals surface area contributed by atoms with Crippen LogP contribution in [0.5, 0.6) is 5.75 Å². The Hall–Kier alpha value is -3.08. The molecule has 5 nitrogen and oxygen atoms in total. The van der Waals surface area contributed by atoms with E-state index in [0.29, 0.717) is 12.2 Å². The molecule has 0 aliphatic heterocycles. The molecule has 134 valence electrons. The summed E-state index contributed by atoms with van der Waals surface area (Å²) in [6, 6.07) is 19.2. The highest BCUT2D eigenvalue weighted by molar-refractivity contribution is 5.94. The Morgan fingerprint density at radius 2 is 1.92 bits per heavy atom. The van der Waals surface area contributed by atoms with Gasteiger partial charge in [0.1, 0.15) is 11.4 Å². The van der Waals surface area contributed by atoms with Gasteiger partial charge in [-0.05, 0) is 36.8 Å². The van der Waals surface area contributed by atoms with Gasteiger partial charge < -0.3 is 10.1 Å². The van der Waals surface area contributed by atoms with Crippen LogP contribution in [0.4, 0.5) is 0 Å². The monoisotopic (exact) mass is 349 g/mol. The van der Waals surface area contributed by atoms with E-state index in [1.165, 1.54) is 0 Å². The molecule has 0 fully saturated rings. The summed E-state index contributed by atoms with van der Waals surface area (Å²) in [6.45, 7) is 2.76. The summed E-state index contributed by atoms with van der Waals surface area (Å²) < 4.78 is 6.99. The van der Waals surface area contributed by atoms with Crippen LogP contribution in [0.3, 0.4) is 0 Å². The molecule has 0 aliphatic rings. The van der Waals surface area contributed by atoms with Crippen molar-refractivity contribution in [2.75, 3.05) is 13.7 Å². The summed E-state index contributed by atoms with van der Waals surface area (Å²) in [5, 5.41) is 7.65. The minimum atomic E-state index is -0.121. The van der Waals surface area contributed by atoms with Crippen molar-refractivity contribution in [2.24, 2.45) is 0 Å². The van der Waals surface area contributed by atoms with Gasteiger partial charge in [0.15, 0.2) is 0 Å². The molecule has 0 atom stereocenters. The standard InChI is InChI=1S/C21H23N3O2/c1-3-4-13-22-21(25)20-15-19(16-9-8-12-18(14-16)26-2)23-24(20)17-10-6-5-7-11-17/h5-12,14-15H,3-4,13H2,1-2H3,(H,22,25). The molecule has 3 rings (SSSR count). The first-order valence-electron chi connectivity index (χ1n) is 8.81. The summed E-state index contributed by atoms with van der Waals surface area (Å²) in [6.07, 6.45) is 1.99. The molecule has 0 saturated heterocycles. The van der Waals surface area contributed by atoms with E-state index in [0.717, 1.165) is 35.5 Å². The summed E-state index contributed by atoms with van der Waals surface area (Å²) in [7, 11) is 1.63. The number of unbranched alkanes of at least 4 members (excludes halogenated alkanes) is 1. The van der Waals surface area contributed by atoms with Crippen LogP contribution in [0, 0.1) is 0 Å². The fourth-order valence-electron chi connectivity index (χ4n) is 2.70. The lowest BCUT2D eigenvalue weighted by molar-refractivity contribution is 0.0945. The van der Waals surface area contributed by atoms with Crippen molar-refractivity contribution < 1.29 is 9.53 Å². The molecule has 0 aliphatic carbocycles. The van der Waals surface area contributed by atoms with E-state index in [9.17, 15) is 4.79 Å². The van der Waals surface area contributed by atoms with Crippen LogP contribution in [0.15, 0.2) is 60.7 Å². The predicted octanol–water partition coefficient (Wildman–Crippen LogP) is 4.08. The van der Waals surface area contributed by atoms with Crippen LogP contribution < -0.4 is 10.1 Å². The second-order valence-electron chi connectivity index (χ2n) is 6.00. The number of para-hydroxylation sites is 1. The maximum atomic E-state index is 12.7. The number of nitrogens with zero attached hydrogens (tertiary/aromatic N) is 2. The quantitative estimate of drug-likeness (QED) is 0.654. The van der Waals surface area contributed by atoms with Crippen molar-refractivity contribution in [3.05, 3.63) is 66.4 Å². The summed E-state index contributed by atoms with van der Waals surface area (Å²) in [4.78, 5) is 12.7. The Balaban J connectivity index is 2.01. The number of benzene rings is 2. The highest BCUT2D eigenvalue weighted by Gasteiger charge is 2.17. The minimum absolute atomic E-state index is 0.121. The van der Waals surface area contributed by atoms with Crippen molar-refractivity contribution in [1.82, 2.24) is 15.1 Å². The molecule has 0 bridgehead atoms. The number of hydrogen-bond donors (Lipinski definition) is 1. The Kier molecular flexibility index (Phi) is 5.69. The van der Waals surface area contributed by atoms with Gasteiger partial charge >= 0.3 is 0 Å². The van der Waals surface area contributed by atoms with Gasteiger partial charge in [0.05, 0.1) is 18.5 Å². The lowest BCUT2D eigenvalue weighted by Crippen LogP contribution is -2.26. The van der Waals surface area contributed by atoms with Crippen molar-refractivity contribution in [3.8, 4) is 22.7 Å². The highest BCUT2D eigenvalue weighted by atomic mass is 16.5. The average Bonchev–Trinajstić information content (AvgIpc) is 3.14. The number of ether oxygens (including phenoxy) is 1. The smallest absolute Gasteiger partial charge is 0.270 e. The molecule has 1 heterocycles. The van der Waals surface area contributed by atoms with Crippen LogP contribution in [-0.4, -0.2) is 29.3 Å². The summed E-state index contributed by atoms with van der Waals surface area (Å²) in [5.74, 6) is 0.634. The zero-order valence-electron chi connectivity index (χ0n) is 15.1. The molecule has 0 unspecified atom stereocenters. The Bertz CT molecular complexity index is 872. The maximum absolute atomic E-state index is 12.7. The third-order valence-corrected chi connectivity index (χ3v) is 4.12. The highest BCUT2D eigenvalue weighted by Crippen LogP contribution is 2.25. The number of methoxy groups -OCH3 is 1. The van der Waals surface area contributed by atoms with Crippen LogP contribution in [0.1, 0.15) is 30.3 Å². The van der Waals surface area contributed by atoms with E-state index in [2.05, 4.69) is 17.3 Å². The minimum Gasteiger partial charge on any atom is -0.497 e. The van der Waals surface area contributed by atoms with Gasteiger partial charge in [-0.1, -0.05) is 43.7 Å². The third kappa shape index (κ3) is 3.94. The van der Waals surface area contributed by atoms with E-state index in [4.69, 9.17) is 4.74 Å². The van der Waals surface area contributed by atoms with Crippen LogP contribution in [-0.2, 0) is 0 Å². The average molecular weight is 349 g/mol. The lowest BCUT2D eigenvalue weighted by atomic mass is 10.1. The molecule has 0 spiro atoms. The lowest BCUT2D eigenvalue weighted by Gasteiger charge is -2.07. The first-order valence-corrected chi connectivity index (χ1v) is 8.81. The van der Waals surface area contributed by atoms with E-state index in [-0.39, 0.29) is 5.91 Å². The molecule has 0 saturated carbocycles. The topological polar surface area (TPSA) is 56.1 Å². The van der Waals surface area contributed by atoms with Crippen molar-refractivity contribution in [2.45, 2.75) is 19.8 Å². The van der Waals surface area contributed by atoms with Gasteiger partial charge in [-0.2, -0.15) is 5.10 Å². The Morgan fingerprint density at radius 3 is 2.65 bits per heavy atom. The van der Waals surface area contributed by atoms with Gasteiger partial charge in [-0.15, -0.1) is 0 Å². The number of carbonyl (C=O) groups excluding carboxylic acids is 1. The molecule has 2 aromatic carbocycles. The fourth-order valence-corrected chi connectivity index (χ4v) is 2.70. The van der Waals surface area contributed by atoms with Crippen LogP contribution in [0.2, 0.25) is 0 Å². The van der Waals surface area contributed by atoms with Gasteiger partial charge in [-0.3, -0.25) is 4.79 Å². The van der Waals surface area contributed by atoms with Gasteiger partial charge in [-0.25, -0.2) is 4.68 Å². The van der Waals surface area contributed by atoms with E-state index < -0.39 is 0 Å². The zero-order valence-corrected chi connectivity index (χ0v) is 15.1. The number of amides is 1. The van der Waals surface area contributed by atoms with Gasteiger partial charge in [0.25, 0.3) is 5.91 Å². The van der Waals surface area contributed by atoms with Gasteiger partial charge in [0.2, 0.25) is 0 Å². The molecule has 1 aromatic heterocycles. The van der Waals surface area contributed by atoms with Crippen molar-refractivity contribution in [1.29, 1.82) is 0 Å². The van der Waals surface area contributed by atoms with Gasteiger partial charge in [0, 0.05) is 12.1 Å². The number of nitrogens with one attached hydrogen (secondary N) is 1. The zero-order chi connectivity index (χ0) is 18.4. The second-order valence-corrected chi connectivity index (χ2v) is 6.00.